The highest BCUT2D eigenvalue weighted by Crippen LogP contribution is 2.33. The van der Waals surface area contributed by atoms with Crippen molar-refractivity contribution in [2.24, 2.45) is 0 Å². The molecular formula is C19H17F3N2O. The second-order valence-corrected chi connectivity index (χ2v) is 5.88. The number of aromatic nitrogens is 1. The number of rotatable bonds is 5. The minimum atomic E-state index is -0.675. The summed E-state index contributed by atoms with van der Waals surface area (Å²) in [5.41, 5.74) is 2.27. The average molecular weight is 346 g/mol. The summed E-state index contributed by atoms with van der Waals surface area (Å²) < 4.78 is 41.0. The van der Waals surface area contributed by atoms with E-state index in [4.69, 9.17) is 0 Å². The van der Waals surface area contributed by atoms with E-state index in [-0.39, 0.29) is 17.2 Å². The highest BCUT2D eigenvalue weighted by molar-refractivity contribution is 5.91. The van der Waals surface area contributed by atoms with Crippen molar-refractivity contribution in [1.29, 1.82) is 0 Å². The molecular weight excluding hydrogens is 329 g/mol. The summed E-state index contributed by atoms with van der Waals surface area (Å²) in [6.07, 6.45) is 1.12. The molecule has 0 radical (unpaired) electrons. The van der Waals surface area contributed by atoms with Crippen molar-refractivity contribution in [3.63, 3.8) is 0 Å². The molecule has 0 aliphatic carbocycles. The summed E-state index contributed by atoms with van der Waals surface area (Å²) in [4.78, 5) is 14.0. The molecule has 0 unspecified atom stereocenters. The summed E-state index contributed by atoms with van der Waals surface area (Å²) in [6.45, 7) is 1.89. The predicted octanol–water partition coefficient (Wildman–Crippen LogP) is 4.32. The molecule has 0 aliphatic rings. The smallest absolute Gasteiger partial charge is 0.216 e. The molecule has 3 rings (SSSR count). The van der Waals surface area contributed by atoms with Crippen molar-refractivity contribution in [2.75, 3.05) is 6.54 Å². The summed E-state index contributed by atoms with van der Waals surface area (Å²) in [5.74, 6) is -1.83. The molecule has 0 saturated heterocycles. The first kappa shape index (κ1) is 17.1. The molecule has 0 fully saturated rings. The van der Waals surface area contributed by atoms with Gasteiger partial charge >= 0.3 is 0 Å². The summed E-state index contributed by atoms with van der Waals surface area (Å²) in [5, 5.41) is 3.16. The molecule has 0 aliphatic heterocycles. The van der Waals surface area contributed by atoms with E-state index in [1.807, 2.05) is 0 Å². The number of hydrogen-bond donors (Lipinski definition) is 2. The van der Waals surface area contributed by atoms with Crippen LogP contribution in [-0.4, -0.2) is 17.4 Å². The number of benzene rings is 2. The Hall–Kier alpha value is -2.76. The highest BCUT2D eigenvalue weighted by Gasteiger charge is 2.17. The zero-order chi connectivity index (χ0) is 18.0. The first-order chi connectivity index (χ1) is 12.0. The number of H-pyrrole nitrogens is 1. The van der Waals surface area contributed by atoms with E-state index in [2.05, 4.69) is 10.3 Å². The van der Waals surface area contributed by atoms with Crippen LogP contribution in [0.5, 0.6) is 0 Å². The number of hydrogen-bond acceptors (Lipinski definition) is 1. The minimum Gasteiger partial charge on any atom is -0.356 e. The molecule has 25 heavy (non-hydrogen) atoms. The van der Waals surface area contributed by atoms with E-state index in [1.165, 1.54) is 25.1 Å². The van der Waals surface area contributed by atoms with Crippen molar-refractivity contribution < 1.29 is 18.0 Å². The first-order valence-electron chi connectivity index (χ1n) is 7.95. The van der Waals surface area contributed by atoms with Gasteiger partial charge in [0.25, 0.3) is 0 Å². The van der Waals surface area contributed by atoms with E-state index < -0.39 is 11.6 Å². The van der Waals surface area contributed by atoms with Crippen molar-refractivity contribution in [1.82, 2.24) is 10.3 Å². The molecule has 0 spiro atoms. The number of aryl methyl sites for hydroxylation is 1. The van der Waals surface area contributed by atoms with Crippen LogP contribution in [0.1, 0.15) is 18.9 Å². The molecule has 3 nitrogen and oxygen atoms in total. The van der Waals surface area contributed by atoms with Crippen LogP contribution in [0.4, 0.5) is 13.2 Å². The fraction of sp³-hybridized carbons (Fsp3) is 0.211. The van der Waals surface area contributed by atoms with Gasteiger partial charge in [-0.1, -0.05) is 0 Å². The van der Waals surface area contributed by atoms with Gasteiger partial charge in [0.1, 0.15) is 17.5 Å². The van der Waals surface area contributed by atoms with Crippen LogP contribution in [0.25, 0.3) is 22.2 Å². The number of carbonyl (C=O) groups is 1. The number of carbonyl (C=O) groups excluding carboxylic acids is 1. The van der Waals surface area contributed by atoms with E-state index in [0.29, 0.717) is 36.0 Å². The van der Waals surface area contributed by atoms with Gasteiger partial charge in [-0.3, -0.25) is 4.79 Å². The zero-order valence-electron chi connectivity index (χ0n) is 13.6. The third kappa shape index (κ3) is 3.68. The summed E-state index contributed by atoms with van der Waals surface area (Å²) in [6, 6.07) is 7.93. The van der Waals surface area contributed by atoms with Gasteiger partial charge in [0.2, 0.25) is 5.91 Å². The van der Waals surface area contributed by atoms with Gasteiger partial charge in [0.05, 0.1) is 5.52 Å². The van der Waals surface area contributed by atoms with E-state index in [1.54, 1.807) is 12.1 Å². The van der Waals surface area contributed by atoms with Crippen LogP contribution in [0.15, 0.2) is 36.4 Å². The topological polar surface area (TPSA) is 44.9 Å². The molecule has 1 aromatic heterocycles. The van der Waals surface area contributed by atoms with E-state index in [0.717, 1.165) is 11.6 Å². The Balaban J connectivity index is 2.04. The number of fused-ring (bicyclic) bond motifs is 1. The fourth-order valence-corrected chi connectivity index (χ4v) is 2.93. The lowest BCUT2D eigenvalue weighted by molar-refractivity contribution is -0.118. The molecule has 0 atom stereocenters. The third-order valence-electron chi connectivity index (χ3n) is 4.04. The molecule has 0 bridgehead atoms. The molecule has 130 valence electrons. The van der Waals surface area contributed by atoms with Crippen molar-refractivity contribution in [3.8, 4) is 11.3 Å². The Kier molecular flexibility index (Phi) is 4.79. The van der Waals surface area contributed by atoms with Gasteiger partial charge in [0.15, 0.2) is 0 Å². The quantitative estimate of drug-likeness (QED) is 0.664. The first-order valence-corrected chi connectivity index (χ1v) is 7.95. The maximum atomic E-state index is 14.1. The summed E-state index contributed by atoms with van der Waals surface area (Å²) >= 11 is 0. The Bertz CT molecular complexity index is 917. The number of halogens is 3. The SMILES string of the molecule is CC(=O)NCCCc1c(-c2ccc(F)cc2)[nH]c2c(F)cc(F)cc12. The monoisotopic (exact) mass is 346 g/mol. The van der Waals surface area contributed by atoms with Crippen LogP contribution >= 0.6 is 0 Å². The van der Waals surface area contributed by atoms with Crippen molar-refractivity contribution >= 4 is 16.8 Å². The van der Waals surface area contributed by atoms with Gasteiger partial charge < -0.3 is 10.3 Å². The summed E-state index contributed by atoms with van der Waals surface area (Å²) in [7, 11) is 0. The Morgan fingerprint density at radius 1 is 1.08 bits per heavy atom. The van der Waals surface area contributed by atoms with Gasteiger partial charge in [0, 0.05) is 30.6 Å². The minimum absolute atomic E-state index is 0.130. The van der Waals surface area contributed by atoms with Gasteiger partial charge in [-0.25, -0.2) is 13.2 Å². The van der Waals surface area contributed by atoms with Gasteiger partial charge in [-0.2, -0.15) is 0 Å². The predicted molar refractivity (Wildman–Crippen MR) is 90.6 cm³/mol. The van der Waals surface area contributed by atoms with Gasteiger partial charge in [-0.05, 0) is 54.3 Å². The normalized spacial score (nSPS) is 11.0. The number of amides is 1. The third-order valence-corrected chi connectivity index (χ3v) is 4.04. The van der Waals surface area contributed by atoms with Crippen LogP contribution in [0.3, 0.4) is 0 Å². The maximum absolute atomic E-state index is 14.1. The number of aromatic amines is 1. The second kappa shape index (κ2) is 7.01. The lowest BCUT2D eigenvalue weighted by Crippen LogP contribution is -2.21. The van der Waals surface area contributed by atoms with Gasteiger partial charge in [-0.15, -0.1) is 0 Å². The van der Waals surface area contributed by atoms with Crippen molar-refractivity contribution in [2.45, 2.75) is 19.8 Å². The van der Waals surface area contributed by atoms with Crippen LogP contribution in [0.2, 0.25) is 0 Å². The van der Waals surface area contributed by atoms with Crippen LogP contribution in [-0.2, 0) is 11.2 Å². The Labute approximate surface area is 142 Å². The highest BCUT2D eigenvalue weighted by atomic mass is 19.1. The molecule has 0 saturated carbocycles. The van der Waals surface area contributed by atoms with Crippen LogP contribution < -0.4 is 5.32 Å². The standard InChI is InChI=1S/C19H17F3N2O/c1-11(25)23-8-2-3-15-16-9-14(21)10-17(22)19(16)24-18(15)12-4-6-13(20)7-5-12/h4-7,9-10,24H,2-3,8H2,1H3,(H,23,25). The zero-order valence-corrected chi connectivity index (χ0v) is 13.6. The second-order valence-electron chi connectivity index (χ2n) is 5.88. The molecule has 2 N–H and O–H groups in total. The molecule has 1 heterocycles. The Morgan fingerprint density at radius 3 is 2.48 bits per heavy atom. The molecule has 6 heteroatoms. The van der Waals surface area contributed by atoms with E-state index in [9.17, 15) is 18.0 Å². The lowest BCUT2D eigenvalue weighted by atomic mass is 10.0. The van der Waals surface area contributed by atoms with Crippen molar-refractivity contribution in [3.05, 3.63) is 59.4 Å². The number of nitrogens with one attached hydrogen (secondary N) is 2. The lowest BCUT2D eigenvalue weighted by Gasteiger charge is -2.06. The molecule has 3 aromatic rings. The van der Waals surface area contributed by atoms with Crippen LogP contribution in [0, 0.1) is 17.5 Å². The fourth-order valence-electron chi connectivity index (χ4n) is 2.93. The van der Waals surface area contributed by atoms with E-state index >= 15 is 0 Å². The molecule has 2 aromatic carbocycles. The average Bonchev–Trinajstić information content (AvgIpc) is 2.91. The maximum Gasteiger partial charge on any atom is 0.216 e. The largest absolute Gasteiger partial charge is 0.356 e. The Morgan fingerprint density at radius 2 is 1.80 bits per heavy atom. The molecule has 1 amide bonds.